The number of halogens is 1. The number of para-hydroxylation sites is 1. The molecule has 1 N–H and O–H groups in total. The highest BCUT2D eigenvalue weighted by molar-refractivity contribution is 6.30. The molecule has 29 heavy (non-hydrogen) atoms. The minimum atomic E-state index is -0.323. The molecule has 150 valence electrons. The van der Waals surface area contributed by atoms with Crippen LogP contribution < -0.4 is 10.1 Å². The smallest absolute Gasteiger partial charge is 0.262 e. The summed E-state index contributed by atoms with van der Waals surface area (Å²) in [4.78, 5) is 12.7. The first-order valence-corrected chi connectivity index (χ1v) is 10.3. The van der Waals surface area contributed by atoms with Crippen LogP contribution in [0.4, 0.5) is 0 Å². The predicted molar refractivity (Wildman–Crippen MR) is 115 cm³/mol. The first-order chi connectivity index (χ1) is 14.1. The van der Waals surface area contributed by atoms with Crippen LogP contribution in [0.2, 0.25) is 5.02 Å². The fourth-order valence-electron chi connectivity index (χ4n) is 3.60. The third kappa shape index (κ3) is 5.85. The summed E-state index contributed by atoms with van der Waals surface area (Å²) in [6, 6.07) is 17.0. The Balaban J connectivity index is 1.73. The topological polar surface area (TPSA) is 62.1 Å². The maximum Gasteiger partial charge on any atom is 0.262 e. The average molecular weight is 409 g/mol. The van der Waals surface area contributed by atoms with Crippen LogP contribution in [0.15, 0.2) is 54.1 Å². The standard InChI is InChI=1S/C24H25ClN2O2/c1-17-7-2-4-11-22(17)27-24(28)20(15-26)14-19-9-3-5-12-23(19)29-16-18-8-6-10-21(25)13-18/h3,5-6,8-10,12-14,17,22H,2,4,7,11,16H2,1H3,(H,27,28)/b20-14+/t17-,22-/m0/s1. The molecule has 1 amide bonds. The minimum Gasteiger partial charge on any atom is -0.488 e. The molecule has 3 rings (SSSR count). The van der Waals surface area contributed by atoms with Crippen LogP contribution in [0.3, 0.4) is 0 Å². The van der Waals surface area contributed by atoms with Gasteiger partial charge in [-0.15, -0.1) is 0 Å². The molecule has 0 bridgehead atoms. The van der Waals surface area contributed by atoms with Crippen molar-refractivity contribution in [2.75, 3.05) is 0 Å². The molecule has 1 aliphatic rings. The van der Waals surface area contributed by atoms with Gasteiger partial charge in [-0.05, 0) is 48.6 Å². The fraction of sp³-hybridized carbons (Fsp3) is 0.333. The zero-order chi connectivity index (χ0) is 20.6. The maximum absolute atomic E-state index is 12.7. The van der Waals surface area contributed by atoms with Crippen LogP contribution in [-0.2, 0) is 11.4 Å². The van der Waals surface area contributed by atoms with Crippen LogP contribution in [0.25, 0.3) is 6.08 Å². The van der Waals surface area contributed by atoms with Crippen molar-refractivity contribution >= 4 is 23.6 Å². The normalized spacial score (nSPS) is 19.3. The molecule has 0 aliphatic heterocycles. The quantitative estimate of drug-likeness (QED) is 0.505. The number of ether oxygens (including phenoxy) is 1. The second-order valence-corrected chi connectivity index (χ2v) is 7.90. The van der Waals surface area contributed by atoms with Gasteiger partial charge in [0.1, 0.15) is 24.0 Å². The van der Waals surface area contributed by atoms with Gasteiger partial charge in [0.2, 0.25) is 0 Å². The van der Waals surface area contributed by atoms with Gasteiger partial charge in [0.25, 0.3) is 5.91 Å². The van der Waals surface area contributed by atoms with Gasteiger partial charge in [0.15, 0.2) is 0 Å². The van der Waals surface area contributed by atoms with E-state index in [1.807, 2.05) is 54.6 Å². The van der Waals surface area contributed by atoms with E-state index < -0.39 is 0 Å². The van der Waals surface area contributed by atoms with E-state index in [-0.39, 0.29) is 17.5 Å². The van der Waals surface area contributed by atoms with E-state index in [0.29, 0.717) is 28.9 Å². The Labute approximate surface area is 177 Å². The summed E-state index contributed by atoms with van der Waals surface area (Å²) in [5, 5.41) is 13.2. The van der Waals surface area contributed by atoms with E-state index in [1.165, 1.54) is 6.42 Å². The third-order valence-electron chi connectivity index (χ3n) is 5.30. The Morgan fingerprint density at radius 1 is 1.24 bits per heavy atom. The molecule has 1 aliphatic carbocycles. The van der Waals surface area contributed by atoms with Crippen molar-refractivity contribution < 1.29 is 9.53 Å². The predicted octanol–water partition coefficient (Wildman–Crippen LogP) is 5.52. The molecule has 4 nitrogen and oxygen atoms in total. The first-order valence-electron chi connectivity index (χ1n) is 9.95. The molecular weight excluding hydrogens is 384 g/mol. The van der Waals surface area contributed by atoms with Gasteiger partial charge < -0.3 is 10.1 Å². The molecule has 2 aromatic carbocycles. The van der Waals surface area contributed by atoms with Crippen LogP contribution >= 0.6 is 11.6 Å². The number of carbonyl (C=O) groups excluding carboxylic acids is 1. The van der Waals surface area contributed by atoms with Crippen LogP contribution in [0.5, 0.6) is 5.75 Å². The third-order valence-corrected chi connectivity index (χ3v) is 5.53. The molecule has 5 heteroatoms. The molecular formula is C24H25ClN2O2. The number of hydrogen-bond donors (Lipinski definition) is 1. The van der Waals surface area contributed by atoms with Gasteiger partial charge in [-0.1, -0.05) is 61.7 Å². The van der Waals surface area contributed by atoms with E-state index >= 15 is 0 Å². The lowest BCUT2D eigenvalue weighted by Crippen LogP contribution is -2.41. The SMILES string of the molecule is C[C@H]1CCCC[C@@H]1NC(=O)/C(C#N)=C/c1ccccc1OCc1cccc(Cl)c1. The first kappa shape index (κ1) is 21.0. The lowest BCUT2D eigenvalue weighted by molar-refractivity contribution is -0.118. The van der Waals surface area contributed by atoms with Gasteiger partial charge >= 0.3 is 0 Å². The lowest BCUT2D eigenvalue weighted by Gasteiger charge is -2.29. The van der Waals surface area contributed by atoms with Gasteiger partial charge in [-0.2, -0.15) is 5.26 Å². The summed E-state index contributed by atoms with van der Waals surface area (Å²) in [7, 11) is 0. The molecule has 0 radical (unpaired) electrons. The number of benzene rings is 2. The Hall–Kier alpha value is -2.77. The number of amides is 1. The average Bonchev–Trinajstić information content (AvgIpc) is 2.73. The van der Waals surface area contributed by atoms with E-state index in [0.717, 1.165) is 24.8 Å². The Morgan fingerprint density at radius 3 is 2.79 bits per heavy atom. The summed E-state index contributed by atoms with van der Waals surface area (Å²) >= 11 is 6.03. The molecule has 0 aromatic heterocycles. The molecule has 0 saturated heterocycles. The zero-order valence-corrected chi connectivity index (χ0v) is 17.3. The number of nitriles is 1. The number of nitrogens with one attached hydrogen (secondary N) is 1. The van der Waals surface area contributed by atoms with E-state index in [2.05, 4.69) is 12.2 Å². The molecule has 2 atom stereocenters. The van der Waals surface area contributed by atoms with Crippen molar-refractivity contribution in [3.05, 3.63) is 70.3 Å². The van der Waals surface area contributed by atoms with Crippen molar-refractivity contribution in [1.29, 1.82) is 5.26 Å². The van der Waals surface area contributed by atoms with Crippen molar-refractivity contribution in [2.24, 2.45) is 5.92 Å². The summed E-state index contributed by atoms with van der Waals surface area (Å²) in [6.45, 7) is 2.50. The Morgan fingerprint density at radius 2 is 2.03 bits per heavy atom. The van der Waals surface area contributed by atoms with Crippen molar-refractivity contribution in [3.8, 4) is 11.8 Å². The van der Waals surface area contributed by atoms with Crippen LogP contribution in [0, 0.1) is 17.2 Å². The van der Waals surface area contributed by atoms with Crippen molar-refractivity contribution in [1.82, 2.24) is 5.32 Å². The largest absolute Gasteiger partial charge is 0.488 e. The highest BCUT2D eigenvalue weighted by Crippen LogP contribution is 2.25. The molecule has 0 unspecified atom stereocenters. The molecule has 0 spiro atoms. The monoisotopic (exact) mass is 408 g/mol. The van der Waals surface area contributed by atoms with Crippen LogP contribution in [0.1, 0.15) is 43.7 Å². The summed E-state index contributed by atoms with van der Waals surface area (Å²) in [6.07, 6.45) is 5.98. The van der Waals surface area contributed by atoms with E-state index in [9.17, 15) is 10.1 Å². The van der Waals surface area contributed by atoms with Crippen molar-refractivity contribution in [3.63, 3.8) is 0 Å². The van der Waals surface area contributed by atoms with Gasteiger partial charge in [0, 0.05) is 16.6 Å². The molecule has 2 aromatic rings. The van der Waals surface area contributed by atoms with Crippen LogP contribution in [-0.4, -0.2) is 11.9 Å². The van der Waals surface area contributed by atoms with E-state index in [4.69, 9.17) is 16.3 Å². The van der Waals surface area contributed by atoms with Gasteiger partial charge in [-0.25, -0.2) is 0 Å². The lowest BCUT2D eigenvalue weighted by atomic mass is 9.86. The van der Waals surface area contributed by atoms with E-state index in [1.54, 1.807) is 6.08 Å². The number of rotatable bonds is 6. The summed E-state index contributed by atoms with van der Waals surface area (Å²) in [5.74, 6) is 0.718. The fourth-order valence-corrected chi connectivity index (χ4v) is 3.81. The second kappa shape index (κ2) is 10.1. The highest BCUT2D eigenvalue weighted by atomic mass is 35.5. The Bertz CT molecular complexity index is 932. The Kier molecular flexibility index (Phi) is 7.32. The maximum atomic E-state index is 12.7. The van der Waals surface area contributed by atoms with Gasteiger partial charge in [-0.3, -0.25) is 4.79 Å². The van der Waals surface area contributed by atoms with Crippen molar-refractivity contribution in [2.45, 2.75) is 45.3 Å². The molecule has 1 fully saturated rings. The van der Waals surface area contributed by atoms with Gasteiger partial charge in [0.05, 0.1) is 0 Å². The minimum absolute atomic E-state index is 0.0848. The summed E-state index contributed by atoms with van der Waals surface area (Å²) < 4.78 is 5.93. The second-order valence-electron chi connectivity index (χ2n) is 7.47. The number of hydrogen-bond acceptors (Lipinski definition) is 3. The summed E-state index contributed by atoms with van der Waals surface area (Å²) in [5.41, 5.74) is 1.72. The molecule has 1 saturated carbocycles. The zero-order valence-electron chi connectivity index (χ0n) is 16.5. The molecule has 0 heterocycles. The number of nitrogens with zero attached hydrogens (tertiary/aromatic N) is 1. The number of carbonyl (C=O) groups is 1. The highest BCUT2D eigenvalue weighted by Gasteiger charge is 2.24.